The minimum absolute atomic E-state index is 0.247. The smallest absolute Gasteiger partial charge is 0.223 e. The van der Waals surface area contributed by atoms with Gasteiger partial charge >= 0.3 is 0 Å². The van der Waals surface area contributed by atoms with Crippen molar-refractivity contribution in [3.05, 3.63) is 24.2 Å². The van der Waals surface area contributed by atoms with E-state index in [-0.39, 0.29) is 12.0 Å². The number of hydrogen-bond donors (Lipinski definition) is 0. The Morgan fingerprint density at radius 2 is 2.26 bits per heavy atom. The summed E-state index contributed by atoms with van der Waals surface area (Å²) in [6.45, 7) is 1.44. The van der Waals surface area contributed by atoms with Crippen molar-refractivity contribution in [2.75, 3.05) is 13.2 Å². The maximum atomic E-state index is 12.4. The molecule has 1 aromatic heterocycles. The van der Waals surface area contributed by atoms with Gasteiger partial charge in [-0.15, -0.1) is 0 Å². The average molecular weight is 263 g/mol. The van der Waals surface area contributed by atoms with E-state index in [1.54, 1.807) is 6.26 Å². The number of carbonyl (C=O) groups excluding carboxylic acids is 1. The largest absolute Gasteiger partial charge is 0.469 e. The Morgan fingerprint density at radius 1 is 1.37 bits per heavy atom. The molecule has 0 spiro atoms. The highest BCUT2D eigenvalue weighted by molar-refractivity contribution is 5.77. The lowest BCUT2D eigenvalue weighted by Gasteiger charge is -2.43. The molecule has 2 atom stereocenters. The van der Waals surface area contributed by atoms with Gasteiger partial charge in [0.05, 0.1) is 25.0 Å². The normalized spacial score (nSPS) is 27.1. The molecule has 2 unspecified atom stereocenters. The zero-order chi connectivity index (χ0) is 13.1. The number of carbonyl (C=O) groups is 1. The lowest BCUT2D eigenvalue weighted by Crippen LogP contribution is -2.54. The molecule has 1 aliphatic heterocycles. The number of rotatable bonds is 3. The second-order valence-corrected chi connectivity index (χ2v) is 5.43. The van der Waals surface area contributed by atoms with E-state index in [4.69, 9.17) is 9.15 Å². The van der Waals surface area contributed by atoms with Gasteiger partial charge in [-0.25, -0.2) is 0 Å². The number of morpholine rings is 1. The minimum atomic E-state index is 0.247. The minimum Gasteiger partial charge on any atom is -0.469 e. The van der Waals surface area contributed by atoms with Gasteiger partial charge in [-0.3, -0.25) is 4.79 Å². The number of furan rings is 1. The molecular weight excluding hydrogens is 242 g/mol. The fourth-order valence-electron chi connectivity index (χ4n) is 3.23. The van der Waals surface area contributed by atoms with Crippen LogP contribution < -0.4 is 0 Å². The molecule has 0 bridgehead atoms. The molecule has 0 radical (unpaired) electrons. The lowest BCUT2D eigenvalue weighted by molar-refractivity contribution is -0.149. The van der Waals surface area contributed by atoms with Crippen LogP contribution in [0.2, 0.25) is 0 Å². The Balaban J connectivity index is 1.58. The van der Waals surface area contributed by atoms with Gasteiger partial charge in [-0.1, -0.05) is 12.8 Å². The molecule has 104 valence electrons. The summed E-state index contributed by atoms with van der Waals surface area (Å²) in [4.78, 5) is 14.4. The fourth-order valence-corrected chi connectivity index (χ4v) is 3.23. The number of fused-ring (bicyclic) bond motifs is 1. The Labute approximate surface area is 113 Å². The van der Waals surface area contributed by atoms with Gasteiger partial charge in [0.2, 0.25) is 5.91 Å². The molecular formula is C15H21NO3. The zero-order valence-corrected chi connectivity index (χ0v) is 11.2. The van der Waals surface area contributed by atoms with E-state index in [0.717, 1.165) is 25.1 Å². The summed E-state index contributed by atoms with van der Waals surface area (Å²) in [5, 5.41) is 0. The predicted molar refractivity (Wildman–Crippen MR) is 70.7 cm³/mol. The van der Waals surface area contributed by atoms with Gasteiger partial charge in [0, 0.05) is 19.4 Å². The van der Waals surface area contributed by atoms with E-state index >= 15 is 0 Å². The van der Waals surface area contributed by atoms with Crippen molar-refractivity contribution in [3.8, 4) is 0 Å². The van der Waals surface area contributed by atoms with Crippen molar-refractivity contribution in [2.24, 2.45) is 0 Å². The number of ether oxygens (including phenoxy) is 1. The molecule has 3 rings (SSSR count). The number of amides is 1. The molecule has 1 aromatic rings. The number of nitrogens with zero attached hydrogens (tertiary/aromatic N) is 1. The predicted octanol–water partition coefficient (Wildman–Crippen LogP) is 2.38. The maximum absolute atomic E-state index is 12.4. The monoisotopic (exact) mass is 263 g/mol. The van der Waals surface area contributed by atoms with Crippen molar-refractivity contribution in [1.29, 1.82) is 0 Å². The average Bonchev–Trinajstić information content (AvgIpc) is 2.97. The Kier molecular flexibility index (Phi) is 3.87. The topological polar surface area (TPSA) is 42.7 Å². The first kappa shape index (κ1) is 12.7. The van der Waals surface area contributed by atoms with Crippen LogP contribution in [-0.4, -0.2) is 36.1 Å². The van der Waals surface area contributed by atoms with Crippen LogP contribution in [0.5, 0.6) is 0 Å². The quantitative estimate of drug-likeness (QED) is 0.841. The van der Waals surface area contributed by atoms with E-state index in [9.17, 15) is 4.79 Å². The lowest BCUT2D eigenvalue weighted by atomic mass is 9.90. The molecule has 0 aromatic carbocycles. The SMILES string of the molecule is O=C(CCc1ccco1)N1CCOC2CCCCC21. The summed E-state index contributed by atoms with van der Waals surface area (Å²) in [6, 6.07) is 4.11. The van der Waals surface area contributed by atoms with E-state index in [1.165, 1.54) is 12.8 Å². The van der Waals surface area contributed by atoms with Gasteiger partial charge in [0.25, 0.3) is 0 Å². The Bertz CT molecular complexity index is 413. The van der Waals surface area contributed by atoms with Crippen LogP contribution in [0.3, 0.4) is 0 Å². The molecule has 4 heteroatoms. The summed E-state index contributed by atoms with van der Waals surface area (Å²) in [5.41, 5.74) is 0. The standard InChI is InChI=1S/C15H21NO3/c17-15(8-7-12-4-3-10-18-12)16-9-11-19-14-6-2-1-5-13(14)16/h3-4,10,13-14H,1-2,5-9,11H2. The molecule has 1 amide bonds. The van der Waals surface area contributed by atoms with Gasteiger partial charge in [0.15, 0.2) is 0 Å². The van der Waals surface area contributed by atoms with Crippen LogP contribution in [0.15, 0.2) is 22.8 Å². The van der Waals surface area contributed by atoms with Gasteiger partial charge < -0.3 is 14.1 Å². The maximum Gasteiger partial charge on any atom is 0.223 e. The van der Waals surface area contributed by atoms with Crippen LogP contribution in [-0.2, 0) is 16.0 Å². The summed E-state index contributed by atoms with van der Waals surface area (Å²) < 4.78 is 11.1. The highest BCUT2D eigenvalue weighted by Crippen LogP contribution is 2.28. The van der Waals surface area contributed by atoms with E-state index in [2.05, 4.69) is 4.90 Å². The van der Waals surface area contributed by atoms with Crippen LogP contribution in [0, 0.1) is 0 Å². The second kappa shape index (κ2) is 5.78. The molecule has 2 heterocycles. The van der Waals surface area contributed by atoms with E-state index in [1.807, 2.05) is 12.1 Å². The van der Waals surface area contributed by atoms with E-state index in [0.29, 0.717) is 25.5 Å². The third-order valence-corrected chi connectivity index (χ3v) is 4.22. The summed E-state index contributed by atoms with van der Waals surface area (Å²) >= 11 is 0. The molecule has 2 aliphatic rings. The third-order valence-electron chi connectivity index (χ3n) is 4.22. The summed E-state index contributed by atoms with van der Waals surface area (Å²) in [7, 11) is 0. The van der Waals surface area contributed by atoms with Gasteiger partial charge in [0.1, 0.15) is 5.76 Å². The summed E-state index contributed by atoms with van der Waals surface area (Å²) in [5.74, 6) is 1.14. The zero-order valence-electron chi connectivity index (χ0n) is 11.2. The molecule has 0 N–H and O–H groups in total. The number of hydrogen-bond acceptors (Lipinski definition) is 3. The van der Waals surface area contributed by atoms with Gasteiger partial charge in [-0.2, -0.15) is 0 Å². The molecule has 2 fully saturated rings. The van der Waals surface area contributed by atoms with Crippen molar-refractivity contribution < 1.29 is 13.9 Å². The number of aryl methyl sites for hydroxylation is 1. The molecule has 1 saturated carbocycles. The highest BCUT2D eigenvalue weighted by Gasteiger charge is 2.36. The van der Waals surface area contributed by atoms with Crippen molar-refractivity contribution in [3.63, 3.8) is 0 Å². The van der Waals surface area contributed by atoms with Crippen molar-refractivity contribution in [2.45, 2.75) is 50.7 Å². The first-order chi connectivity index (χ1) is 9.34. The summed E-state index contributed by atoms with van der Waals surface area (Å²) in [6.07, 6.45) is 7.81. The molecule has 1 saturated heterocycles. The fraction of sp³-hybridized carbons (Fsp3) is 0.667. The molecule has 1 aliphatic carbocycles. The Hall–Kier alpha value is -1.29. The van der Waals surface area contributed by atoms with Gasteiger partial charge in [-0.05, 0) is 25.0 Å². The van der Waals surface area contributed by atoms with E-state index < -0.39 is 0 Å². The second-order valence-electron chi connectivity index (χ2n) is 5.43. The van der Waals surface area contributed by atoms with Crippen LogP contribution in [0.4, 0.5) is 0 Å². The first-order valence-corrected chi connectivity index (χ1v) is 7.28. The Morgan fingerprint density at radius 3 is 3.11 bits per heavy atom. The first-order valence-electron chi connectivity index (χ1n) is 7.28. The third kappa shape index (κ3) is 2.84. The van der Waals surface area contributed by atoms with Crippen LogP contribution >= 0.6 is 0 Å². The molecule has 4 nitrogen and oxygen atoms in total. The highest BCUT2D eigenvalue weighted by atomic mass is 16.5. The van der Waals surface area contributed by atoms with Crippen molar-refractivity contribution in [1.82, 2.24) is 4.90 Å². The van der Waals surface area contributed by atoms with Crippen molar-refractivity contribution >= 4 is 5.91 Å². The van der Waals surface area contributed by atoms with Crippen LogP contribution in [0.1, 0.15) is 37.9 Å². The van der Waals surface area contributed by atoms with Crippen LogP contribution in [0.25, 0.3) is 0 Å². The molecule has 19 heavy (non-hydrogen) atoms.